The average Bonchev–Trinajstić information content (AvgIpc) is 2.60. The number of benzene rings is 1. The third kappa shape index (κ3) is 8.14. The molecule has 0 aliphatic carbocycles. The Labute approximate surface area is 175 Å². The van der Waals surface area contributed by atoms with E-state index in [9.17, 15) is 18.0 Å². The molecule has 8 heteroatoms. The number of rotatable bonds is 11. The van der Waals surface area contributed by atoms with Gasteiger partial charge in [-0.15, -0.1) is 0 Å². The van der Waals surface area contributed by atoms with Crippen molar-refractivity contribution < 1.29 is 18.0 Å². The fraction of sp³-hybridized carbons (Fsp3) is 0.619. The van der Waals surface area contributed by atoms with Gasteiger partial charge >= 0.3 is 0 Å². The summed E-state index contributed by atoms with van der Waals surface area (Å²) in [5.74, 6) is -0.227. The van der Waals surface area contributed by atoms with Crippen LogP contribution >= 0.6 is 0 Å². The minimum atomic E-state index is -3.27. The summed E-state index contributed by atoms with van der Waals surface area (Å²) in [6.07, 6.45) is 1.43. The highest BCUT2D eigenvalue weighted by Gasteiger charge is 2.21. The molecule has 2 N–H and O–H groups in total. The number of carbonyl (C=O) groups is 2. The molecule has 0 saturated heterocycles. The highest BCUT2D eigenvalue weighted by Crippen LogP contribution is 2.17. The predicted molar refractivity (Wildman–Crippen MR) is 117 cm³/mol. The molecular formula is C21H35N3O4S. The number of hydrogen-bond acceptors (Lipinski definition) is 4. The van der Waals surface area contributed by atoms with Gasteiger partial charge in [0.1, 0.15) is 0 Å². The Balaban J connectivity index is 2.57. The maximum Gasteiger partial charge on any atom is 0.254 e. The number of carbonyl (C=O) groups excluding carboxylic acids is 2. The van der Waals surface area contributed by atoms with E-state index in [0.717, 1.165) is 0 Å². The molecule has 0 spiro atoms. The minimum absolute atomic E-state index is 0.0662. The third-order valence-electron chi connectivity index (χ3n) is 4.49. The van der Waals surface area contributed by atoms with Crippen molar-refractivity contribution in [2.24, 2.45) is 0 Å². The number of hydrogen-bond donors (Lipinski definition) is 2. The average molecular weight is 426 g/mol. The van der Waals surface area contributed by atoms with Crippen molar-refractivity contribution in [2.45, 2.75) is 78.1 Å². The largest absolute Gasteiger partial charge is 0.334 e. The summed E-state index contributed by atoms with van der Waals surface area (Å²) in [6.45, 7) is 11.5. The second-order valence-corrected chi connectivity index (χ2v) is 10.3. The molecule has 0 aliphatic heterocycles. The molecule has 1 rings (SSSR count). The monoisotopic (exact) mass is 425 g/mol. The van der Waals surface area contributed by atoms with E-state index in [0.29, 0.717) is 30.6 Å². The van der Waals surface area contributed by atoms with Gasteiger partial charge in [-0.05, 0) is 72.6 Å². The van der Waals surface area contributed by atoms with E-state index in [1.807, 2.05) is 27.7 Å². The summed E-state index contributed by atoms with van der Waals surface area (Å²) in [5, 5.41) is 2.34. The van der Waals surface area contributed by atoms with Crippen LogP contribution in [0.3, 0.4) is 0 Å². The Morgan fingerprint density at radius 3 is 2.17 bits per heavy atom. The molecule has 1 aromatic rings. The molecule has 0 aliphatic rings. The first-order chi connectivity index (χ1) is 13.5. The maximum atomic E-state index is 12.8. The quantitative estimate of drug-likeness (QED) is 0.531. The Morgan fingerprint density at radius 2 is 1.62 bits per heavy atom. The van der Waals surface area contributed by atoms with Crippen molar-refractivity contribution in [3.63, 3.8) is 0 Å². The van der Waals surface area contributed by atoms with Gasteiger partial charge in [0, 0.05) is 36.3 Å². The van der Waals surface area contributed by atoms with Gasteiger partial charge in [-0.2, -0.15) is 0 Å². The van der Waals surface area contributed by atoms with Gasteiger partial charge < -0.3 is 10.2 Å². The number of unbranched alkanes of at least 4 members (excludes halogenated alkanes) is 1. The lowest BCUT2D eigenvalue weighted by Gasteiger charge is -2.31. The number of nitrogens with one attached hydrogen (secondary N) is 2. The normalized spacial score (nSPS) is 11.9. The van der Waals surface area contributed by atoms with Gasteiger partial charge in [-0.25, -0.2) is 13.1 Å². The van der Waals surface area contributed by atoms with Crippen LogP contribution in [0, 0.1) is 0 Å². The standard InChI is InChI=1S/C21H35N3O4S/c1-15(2)24(16(3)4)21(26)18-10-9-11-19(14-18)23-20(25)12-7-8-13-22-29(27,28)17(5)6/h9-11,14-17,22H,7-8,12-13H2,1-6H3,(H,23,25). The summed E-state index contributed by atoms with van der Waals surface area (Å²) < 4.78 is 25.9. The van der Waals surface area contributed by atoms with Crippen LogP contribution in [0.5, 0.6) is 0 Å². The number of nitrogens with zero attached hydrogens (tertiary/aromatic N) is 1. The summed E-state index contributed by atoms with van der Waals surface area (Å²) in [6, 6.07) is 7.09. The van der Waals surface area contributed by atoms with Gasteiger partial charge in [0.05, 0.1) is 5.25 Å². The summed E-state index contributed by atoms with van der Waals surface area (Å²) in [4.78, 5) is 26.8. The van der Waals surface area contributed by atoms with Crippen molar-refractivity contribution in [1.29, 1.82) is 0 Å². The van der Waals surface area contributed by atoms with E-state index in [4.69, 9.17) is 0 Å². The van der Waals surface area contributed by atoms with E-state index in [2.05, 4.69) is 10.0 Å². The maximum absolute atomic E-state index is 12.8. The lowest BCUT2D eigenvalue weighted by molar-refractivity contribution is -0.116. The molecule has 29 heavy (non-hydrogen) atoms. The SMILES string of the molecule is CC(C)N(C(=O)c1cccc(NC(=O)CCCCNS(=O)(=O)C(C)C)c1)C(C)C. The zero-order chi connectivity index (χ0) is 22.2. The topological polar surface area (TPSA) is 95.6 Å². The van der Waals surface area contributed by atoms with E-state index in [-0.39, 0.29) is 30.3 Å². The van der Waals surface area contributed by atoms with Crippen LogP contribution in [0.1, 0.15) is 71.2 Å². The van der Waals surface area contributed by atoms with Crippen molar-refractivity contribution in [2.75, 3.05) is 11.9 Å². The van der Waals surface area contributed by atoms with Crippen LogP contribution in [0.15, 0.2) is 24.3 Å². The molecule has 2 amide bonds. The molecule has 0 heterocycles. The smallest absolute Gasteiger partial charge is 0.254 e. The fourth-order valence-corrected chi connectivity index (χ4v) is 3.72. The first-order valence-corrected chi connectivity index (χ1v) is 11.7. The zero-order valence-corrected chi connectivity index (χ0v) is 19.2. The van der Waals surface area contributed by atoms with E-state index >= 15 is 0 Å². The molecule has 0 radical (unpaired) electrons. The zero-order valence-electron chi connectivity index (χ0n) is 18.4. The Morgan fingerprint density at radius 1 is 1.00 bits per heavy atom. The van der Waals surface area contributed by atoms with Gasteiger partial charge in [-0.1, -0.05) is 6.07 Å². The second kappa shape index (κ2) is 11.3. The highest BCUT2D eigenvalue weighted by atomic mass is 32.2. The van der Waals surface area contributed by atoms with Gasteiger partial charge in [-0.3, -0.25) is 9.59 Å². The lowest BCUT2D eigenvalue weighted by atomic mass is 10.1. The summed E-state index contributed by atoms with van der Waals surface area (Å²) >= 11 is 0. The van der Waals surface area contributed by atoms with Crippen LogP contribution in [-0.4, -0.2) is 49.0 Å². The van der Waals surface area contributed by atoms with Gasteiger partial charge in [0.25, 0.3) is 5.91 Å². The molecule has 0 atom stereocenters. The van der Waals surface area contributed by atoms with Crippen molar-refractivity contribution in [1.82, 2.24) is 9.62 Å². The minimum Gasteiger partial charge on any atom is -0.334 e. The van der Waals surface area contributed by atoms with Crippen LogP contribution in [0.2, 0.25) is 0 Å². The van der Waals surface area contributed by atoms with Gasteiger partial charge in [0.2, 0.25) is 15.9 Å². The highest BCUT2D eigenvalue weighted by molar-refractivity contribution is 7.90. The van der Waals surface area contributed by atoms with Crippen LogP contribution in [-0.2, 0) is 14.8 Å². The van der Waals surface area contributed by atoms with Crippen molar-refractivity contribution in [3.8, 4) is 0 Å². The lowest BCUT2D eigenvalue weighted by Crippen LogP contribution is -2.42. The van der Waals surface area contributed by atoms with Crippen LogP contribution in [0.25, 0.3) is 0 Å². The molecule has 164 valence electrons. The summed E-state index contributed by atoms with van der Waals surface area (Å²) in [7, 11) is -3.27. The first-order valence-electron chi connectivity index (χ1n) is 10.2. The first kappa shape index (κ1) is 25.1. The van der Waals surface area contributed by atoms with Crippen LogP contribution < -0.4 is 10.0 Å². The van der Waals surface area contributed by atoms with Crippen molar-refractivity contribution >= 4 is 27.5 Å². The molecule has 0 saturated carbocycles. The number of anilines is 1. The molecule has 0 bridgehead atoms. The molecule has 1 aromatic carbocycles. The molecular weight excluding hydrogens is 390 g/mol. The summed E-state index contributed by atoms with van der Waals surface area (Å²) in [5.41, 5.74) is 1.11. The van der Waals surface area contributed by atoms with E-state index in [1.54, 1.807) is 43.0 Å². The third-order valence-corrected chi connectivity index (χ3v) is 6.34. The molecule has 0 aromatic heterocycles. The Bertz CT molecular complexity index is 781. The predicted octanol–water partition coefficient (Wildman–Crippen LogP) is 3.38. The second-order valence-electron chi connectivity index (χ2n) is 7.97. The number of sulfonamides is 1. The fourth-order valence-electron chi connectivity index (χ4n) is 2.96. The molecule has 7 nitrogen and oxygen atoms in total. The molecule has 0 fully saturated rings. The van der Waals surface area contributed by atoms with Crippen LogP contribution in [0.4, 0.5) is 5.69 Å². The Hall–Kier alpha value is -1.93. The van der Waals surface area contributed by atoms with Crippen molar-refractivity contribution in [3.05, 3.63) is 29.8 Å². The van der Waals surface area contributed by atoms with E-state index in [1.165, 1.54) is 0 Å². The molecule has 0 unspecified atom stereocenters. The van der Waals surface area contributed by atoms with Gasteiger partial charge in [0.15, 0.2) is 0 Å². The Kier molecular flexibility index (Phi) is 9.79. The number of amides is 2. The van der Waals surface area contributed by atoms with E-state index < -0.39 is 15.3 Å².